The molecule has 0 spiro atoms. The minimum Gasteiger partial charge on any atom is -0.350 e. The third-order valence-electron chi connectivity index (χ3n) is 6.95. The molecule has 3 aromatic rings. The van der Waals surface area contributed by atoms with Crippen molar-refractivity contribution in [2.24, 2.45) is 5.41 Å². The van der Waals surface area contributed by atoms with Crippen molar-refractivity contribution in [1.29, 1.82) is 5.26 Å². The molecule has 2 N–H and O–H groups in total. The van der Waals surface area contributed by atoms with Crippen molar-refractivity contribution < 1.29 is 14.4 Å². The van der Waals surface area contributed by atoms with Gasteiger partial charge in [0.1, 0.15) is 12.1 Å². The summed E-state index contributed by atoms with van der Waals surface area (Å²) in [5, 5.41) is 15.2. The van der Waals surface area contributed by atoms with Gasteiger partial charge in [0.05, 0.1) is 33.3 Å². The molecule has 0 aliphatic carbocycles. The number of hydrogen-bond donors (Lipinski definition) is 2. The number of carbonyl (C=O) groups excluding carboxylic acids is 3. The quantitative estimate of drug-likeness (QED) is 0.457. The highest BCUT2D eigenvalue weighted by Crippen LogP contribution is 2.28. The van der Waals surface area contributed by atoms with Crippen LogP contribution < -0.4 is 10.6 Å². The number of hydrogen-bond acceptors (Lipinski definition) is 6. The summed E-state index contributed by atoms with van der Waals surface area (Å²) in [7, 11) is 0. The number of amides is 3. The molecule has 1 fully saturated rings. The second-order valence-electron chi connectivity index (χ2n) is 10.8. The van der Waals surface area contributed by atoms with Crippen LogP contribution in [0.5, 0.6) is 0 Å². The molecule has 1 aliphatic heterocycles. The Morgan fingerprint density at radius 2 is 1.87 bits per heavy atom. The molecule has 0 radical (unpaired) electrons. The zero-order valence-electron chi connectivity index (χ0n) is 22.7. The molecule has 202 valence electrons. The predicted octanol–water partition coefficient (Wildman–Crippen LogP) is 4.44. The van der Waals surface area contributed by atoms with Gasteiger partial charge < -0.3 is 15.5 Å². The van der Waals surface area contributed by atoms with Crippen molar-refractivity contribution in [1.82, 2.24) is 20.5 Å². The number of nitrogens with zero attached hydrogens (tertiary/aromatic N) is 3. The fourth-order valence-corrected chi connectivity index (χ4v) is 5.58. The number of likely N-dealkylation sites (tertiary alicyclic amines) is 1. The molecule has 1 saturated heterocycles. The number of rotatable bonds is 7. The third kappa shape index (κ3) is 6.35. The Morgan fingerprint density at radius 1 is 1.15 bits per heavy atom. The van der Waals surface area contributed by atoms with Gasteiger partial charge in [-0.15, -0.1) is 11.3 Å². The standard InChI is InChI=1S/C30H33N5O3S/c1-19-25(39-18-33-19)21-13-11-20(12-14-21)17-32-28(37)24-10-7-15-35(24)29(38)26(30(2,3)4)34-27(36)23-9-6-5-8-22(23)16-31/h5-6,8-9,11-14,18,24,26H,7,10,15,17H2,1-4H3,(H,32,37)(H,34,36). The molecule has 9 heteroatoms. The summed E-state index contributed by atoms with van der Waals surface area (Å²) in [5.41, 5.74) is 4.71. The molecular weight excluding hydrogens is 510 g/mol. The van der Waals surface area contributed by atoms with Crippen molar-refractivity contribution in [3.8, 4) is 16.5 Å². The van der Waals surface area contributed by atoms with E-state index in [1.165, 1.54) is 0 Å². The molecule has 2 aromatic carbocycles. The van der Waals surface area contributed by atoms with Gasteiger partial charge in [0.25, 0.3) is 5.91 Å². The monoisotopic (exact) mass is 543 g/mol. The SMILES string of the molecule is Cc1ncsc1-c1ccc(CNC(=O)C2CCCN2C(=O)C(NC(=O)c2ccccc2C#N)C(C)(C)C)cc1. The number of aryl methyl sites for hydroxylation is 1. The molecule has 39 heavy (non-hydrogen) atoms. The number of benzene rings is 2. The van der Waals surface area contributed by atoms with Crippen LogP contribution in [0.1, 0.15) is 60.8 Å². The van der Waals surface area contributed by atoms with Crippen LogP contribution in [0.2, 0.25) is 0 Å². The average Bonchev–Trinajstić information content (AvgIpc) is 3.59. The van der Waals surface area contributed by atoms with Crippen LogP contribution in [0.4, 0.5) is 0 Å². The van der Waals surface area contributed by atoms with E-state index in [0.29, 0.717) is 25.9 Å². The van der Waals surface area contributed by atoms with Crippen molar-refractivity contribution in [3.63, 3.8) is 0 Å². The van der Waals surface area contributed by atoms with Crippen molar-refractivity contribution in [2.45, 2.75) is 59.2 Å². The average molecular weight is 544 g/mol. The minimum absolute atomic E-state index is 0.211. The smallest absolute Gasteiger partial charge is 0.253 e. The predicted molar refractivity (Wildman–Crippen MR) is 151 cm³/mol. The largest absolute Gasteiger partial charge is 0.350 e. The molecule has 0 bridgehead atoms. The highest BCUT2D eigenvalue weighted by atomic mass is 32.1. The zero-order valence-corrected chi connectivity index (χ0v) is 23.5. The normalized spacial score (nSPS) is 15.9. The lowest BCUT2D eigenvalue weighted by atomic mass is 9.85. The first-order valence-electron chi connectivity index (χ1n) is 13.0. The fraction of sp³-hybridized carbons (Fsp3) is 0.367. The summed E-state index contributed by atoms with van der Waals surface area (Å²) in [6.07, 6.45) is 1.26. The topological polar surface area (TPSA) is 115 Å². The summed E-state index contributed by atoms with van der Waals surface area (Å²) in [6.45, 7) is 8.38. The van der Waals surface area contributed by atoms with E-state index in [9.17, 15) is 19.6 Å². The molecule has 1 aromatic heterocycles. The number of nitriles is 1. The molecule has 4 rings (SSSR count). The maximum Gasteiger partial charge on any atom is 0.253 e. The van der Waals surface area contributed by atoms with Crippen molar-refractivity contribution >= 4 is 29.1 Å². The molecule has 2 unspecified atom stereocenters. The first-order chi connectivity index (χ1) is 18.6. The first-order valence-corrected chi connectivity index (χ1v) is 13.9. The van der Waals surface area contributed by atoms with E-state index in [1.807, 2.05) is 63.5 Å². The van der Waals surface area contributed by atoms with Crippen LogP contribution in [0.3, 0.4) is 0 Å². The number of aromatic nitrogens is 1. The van der Waals surface area contributed by atoms with E-state index in [-0.39, 0.29) is 22.9 Å². The highest BCUT2D eigenvalue weighted by molar-refractivity contribution is 7.13. The maximum absolute atomic E-state index is 13.7. The Labute approximate surface area is 233 Å². The highest BCUT2D eigenvalue weighted by Gasteiger charge is 2.42. The minimum atomic E-state index is -0.868. The molecule has 0 saturated carbocycles. The fourth-order valence-electron chi connectivity index (χ4n) is 4.76. The van der Waals surface area contributed by atoms with Crippen molar-refractivity contribution in [3.05, 3.63) is 76.4 Å². The zero-order chi connectivity index (χ0) is 28.2. The van der Waals surface area contributed by atoms with Gasteiger partial charge in [-0.2, -0.15) is 5.26 Å². The van der Waals surface area contributed by atoms with Crippen LogP contribution in [-0.2, 0) is 16.1 Å². The second-order valence-corrected chi connectivity index (χ2v) is 11.7. The Bertz CT molecular complexity index is 1400. The summed E-state index contributed by atoms with van der Waals surface area (Å²) < 4.78 is 0. The lowest BCUT2D eigenvalue weighted by Crippen LogP contribution is -2.57. The van der Waals surface area contributed by atoms with Crippen LogP contribution in [0.25, 0.3) is 10.4 Å². The molecular formula is C30H33N5O3S. The number of carbonyl (C=O) groups is 3. The van der Waals surface area contributed by atoms with Crippen LogP contribution >= 0.6 is 11.3 Å². The Hall–Kier alpha value is -4.03. The molecule has 3 amide bonds. The van der Waals surface area contributed by atoms with Gasteiger partial charge in [-0.3, -0.25) is 14.4 Å². The van der Waals surface area contributed by atoms with E-state index >= 15 is 0 Å². The van der Waals surface area contributed by atoms with Gasteiger partial charge in [-0.25, -0.2) is 4.98 Å². The summed E-state index contributed by atoms with van der Waals surface area (Å²) in [4.78, 5) is 47.0. The van der Waals surface area contributed by atoms with Gasteiger partial charge in [0, 0.05) is 13.1 Å². The Balaban J connectivity index is 1.43. The number of nitrogens with one attached hydrogen (secondary N) is 2. The third-order valence-corrected chi connectivity index (χ3v) is 7.93. The lowest BCUT2D eigenvalue weighted by Gasteiger charge is -2.35. The molecule has 2 atom stereocenters. The van der Waals surface area contributed by atoms with Crippen LogP contribution in [0, 0.1) is 23.7 Å². The summed E-state index contributed by atoms with van der Waals surface area (Å²) in [5.74, 6) is -0.998. The van der Waals surface area contributed by atoms with Crippen molar-refractivity contribution in [2.75, 3.05) is 6.54 Å². The number of thiazole rings is 1. The Morgan fingerprint density at radius 3 is 2.51 bits per heavy atom. The first kappa shape index (κ1) is 28.0. The van der Waals surface area contributed by atoms with Gasteiger partial charge in [0.2, 0.25) is 11.8 Å². The Kier molecular flexibility index (Phi) is 8.46. The second kappa shape index (κ2) is 11.8. The lowest BCUT2D eigenvalue weighted by molar-refractivity contribution is -0.141. The van der Waals surface area contributed by atoms with E-state index in [1.54, 1.807) is 40.5 Å². The molecule has 1 aliphatic rings. The van der Waals surface area contributed by atoms with E-state index in [4.69, 9.17) is 0 Å². The summed E-state index contributed by atoms with van der Waals surface area (Å²) >= 11 is 1.60. The maximum atomic E-state index is 13.7. The molecule has 2 heterocycles. The molecule has 8 nitrogen and oxygen atoms in total. The van der Waals surface area contributed by atoms with Gasteiger partial charge >= 0.3 is 0 Å². The van der Waals surface area contributed by atoms with E-state index < -0.39 is 23.4 Å². The van der Waals surface area contributed by atoms with Gasteiger partial charge in [-0.1, -0.05) is 57.2 Å². The van der Waals surface area contributed by atoms with E-state index in [2.05, 4.69) is 15.6 Å². The van der Waals surface area contributed by atoms with Gasteiger partial charge in [-0.05, 0) is 48.4 Å². The van der Waals surface area contributed by atoms with Gasteiger partial charge in [0.15, 0.2) is 0 Å². The van der Waals surface area contributed by atoms with Crippen LogP contribution in [-0.4, -0.2) is 46.2 Å². The van der Waals surface area contributed by atoms with E-state index in [0.717, 1.165) is 21.7 Å². The van der Waals surface area contributed by atoms with Crippen LogP contribution in [0.15, 0.2) is 54.0 Å². The summed E-state index contributed by atoms with van der Waals surface area (Å²) in [6, 6.07) is 15.1.